The highest BCUT2D eigenvalue weighted by Crippen LogP contribution is 2.15. The summed E-state index contributed by atoms with van der Waals surface area (Å²) < 4.78 is 32.7. The SMILES string of the molecule is COCC(CCBr)NS(=O)(=O)c1ccc(Br)cc1. The number of rotatable bonds is 7. The molecule has 1 atom stereocenters. The van der Waals surface area contributed by atoms with Crippen molar-refractivity contribution in [3.05, 3.63) is 28.7 Å². The van der Waals surface area contributed by atoms with E-state index in [0.29, 0.717) is 18.4 Å². The summed E-state index contributed by atoms with van der Waals surface area (Å²) in [5.41, 5.74) is 0. The first-order valence-corrected chi connectivity index (χ1v) is 8.72. The lowest BCUT2D eigenvalue weighted by Gasteiger charge is -2.16. The van der Waals surface area contributed by atoms with E-state index >= 15 is 0 Å². The van der Waals surface area contributed by atoms with Crippen LogP contribution >= 0.6 is 31.9 Å². The molecule has 1 rings (SSSR count). The first-order valence-electron chi connectivity index (χ1n) is 5.32. The lowest BCUT2D eigenvalue weighted by atomic mass is 10.3. The summed E-state index contributed by atoms with van der Waals surface area (Å²) in [6.07, 6.45) is 0.670. The van der Waals surface area contributed by atoms with Gasteiger partial charge in [-0.1, -0.05) is 31.9 Å². The number of halogens is 2. The van der Waals surface area contributed by atoms with Crippen molar-refractivity contribution in [3.8, 4) is 0 Å². The molecule has 0 bridgehead atoms. The topological polar surface area (TPSA) is 55.4 Å². The highest BCUT2D eigenvalue weighted by atomic mass is 79.9. The molecule has 1 aromatic carbocycles. The van der Waals surface area contributed by atoms with Crippen LogP contribution in [0.4, 0.5) is 0 Å². The molecule has 4 nitrogen and oxygen atoms in total. The maximum atomic E-state index is 12.1. The Hall–Kier alpha value is 0.0500. The molecule has 0 amide bonds. The van der Waals surface area contributed by atoms with Crippen molar-refractivity contribution in [2.24, 2.45) is 0 Å². The summed E-state index contributed by atoms with van der Waals surface area (Å²) in [6, 6.07) is 6.28. The molecule has 0 aromatic heterocycles. The fourth-order valence-corrected chi connectivity index (χ4v) is 3.48. The van der Waals surface area contributed by atoms with Crippen LogP contribution in [-0.2, 0) is 14.8 Å². The molecule has 18 heavy (non-hydrogen) atoms. The van der Waals surface area contributed by atoms with E-state index in [4.69, 9.17) is 4.74 Å². The van der Waals surface area contributed by atoms with Crippen molar-refractivity contribution in [2.75, 3.05) is 19.0 Å². The molecule has 0 heterocycles. The number of nitrogens with one attached hydrogen (secondary N) is 1. The smallest absolute Gasteiger partial charge is 0.240 e. The fourth-order valence-electron chi connectivity index (χ4n) is 1.41. The predicted molar refractivity (Wildman–Crippen MR) is 78.5 cm³/mol. The van der Waals surface area contributed by atoms with Crippen LogP contribution in [0.15, 0.2) is 33.6 Å². The van der Waals surface area contributed by atoms with Gasteiger partial charge in [-0.3, -0.25) is 0 Å². The van der Waals surface area contributed by atoms with Crippen molar-refractivity contribution in [1.82, 2.24) is 4.72 Å². The molecular weight excluding hydrogens is 386 g/mol. The van der Waals surface area contributed by atoms with Crippen molar-refractivity contribution < 1.29 is 13.2 Å². The fraction of sp³-hybridized carbons (Fsp3) is 0.455. The summed E-state index contributed by atoms with van der Waals surface area (Å²) in [6.45, 7) is 0.349. The standard InChI is InChI=1S/C11H15Br2NO3S/c1-17-8-10(6-7-12)14-18(15,16)11-4-2-9(13)3-5-11/h2-5,10,14H,6-8H2,1H3. The van der Waals surface area contributed by atoms with Gasteiger partial charge >= 0.3 is 0 Å². The zero-order valence-electron chi connectivity index (χ0n) is 9.90. The quantitative estimate of drug-likeness (QED) is 0.715. The number of methoxy groups -OCH3 is 1. The van der Waals surface area contributed by atoms with E-state index in [1.807, 2.05) is 0 Å². The van der Waals surface area contributed by atoms with Crippen molar-refractivity contribution in [3.63, 3.8) is 0 Å². The Morgan fingerprint density at radius 1 is 1.33 bits per heavy atom. The van der Waals surface area contributed by atoms with E-state index in [1.54, 1.807) is 31.4 Å². The van der Waals surface area contributed by atoms with Crippen LogP contribution in [0.3, 0.4) is 0 Å². The van der Waals surface area contributed by atoms with Crippen LogP contribution in [0.25, 0.3) is 0 Å². The van der Waals surface area contributed by atoms with Crippen LogP contribution in [-0.4, -0.2) is 33.5 Å². The molecule has 0 saturated heterocycles. The van der Waals surface area contributed by atoms with Gasteiger partial charge in [-0.15, -0.1) is 0 Å². The van der Waals surface area contributed by atoms with Crippen LogP contribution in [0, 0.1) is 0 Å². The van der Waals surface area contributed by atoms with Crippen molar-refractivity contribution in [1.29, 1.82) is 0 Å². The monoisotopic (exact) mass is 399 g/mol. The van der Waals surface area contributed by atoms with Gasteiger partial charge < -0.3 is 4.74 Å². The van der Waals surface area contributed by atoms with Gasteiger partial charge in [0.1, 0.15) is 0 Å². The van der Waals surface area contributed by atoms with Gasteiger partial charge in [-0.25, -0.2) is 13.1 Å². The van der Waals surface area contributed by atoms with E-state index in [2.05, 4.69) is 36.6 Å². The summed E-state index contributed by atoms with van der Waals surface area (Å²) >= 11 is 6.57. The second-order valence-electron chi connectivity index (χ2n) is 3.71. The van der Waals surface area contributed by atoms with E-state index < -0.39 is 10.0 Å². The number of hydrogen-bond donors (Lipinski definition) is 1. The van der Waals surface area contributed by atoms with Gasteiger partial charge in [0.15, 0.2) is 0 Å². The highest BCUT2D eigenvalue weighted by molar-refractivity contribution is 9.10. The Balaban J connectivity index is 2.82. The Kier molecular flexibility index (Phi) is 6.79. The second-order valence-corrected chi connectivity index (χ2v) is 7.13. The van der Waals surface area contributed by atoms with Crippen LogP contribution < -0.4 is 4.72 Å². The van der Waals surface area contributed by atoms with E-state index in [-0.39, 0.29) is 10.9 Å². The molecule has 7 heteroatoms. The Labute approximate surface area is 124 Å². The minimum absolute atomic E-state index is 0.233. The molecule has 0 radical (unpaired) electrons. The minimum Gasteiger partial charge on any atom is -0.383 e. The molecule has 1 unspecified atom stereocenters. The highest BCUT2D eigenvalue weighted by Gasteiger charge is 2.19. The summed E-state index contributed by atoms with van der Waals surface area (Å²) in [4.78, 5) is 0.251. The normalized spacial score (nSPS) is 13.5. The Morgan fingerprint density at radius 3 is 2.44 bits per heavy atom. The molecule has 0 aliphatic rings. The molecule has 0 spiro atoms. The zero-order valence-corrected chi connectivity index (χ0v) is 13.9. The van der Waals surface area contributed by atoms with Gasteiger partial charge in [-0.05, 0) is 30.7 Å². The van der Waals surface area contributed by atoms with E-state index in [0.717, 1.165) is 4.47 Å². The first-order chi connectivity index (χ1) is 8.49. The number of sulfonamides is 1. The van der Waals surface area contributed by atoms with Crippen molar-refractivity contribution >= 4 is 41.9 Å². The third kappa shape index (κ3) is 4.97. The van der Waals surface area contributed by atoms with Crippen LogP contribution in [0.5, 0.6) is 0 Å². The minimum atomic E-state index is -3.49. The predicted octanol–water partition coefficient (Wildman–Crippen LogP) is 2.53. The zero-order chi connectivity index (χ0) is 13.6. The van der Waals surface area contributed by atoms with Gasteiger partial charge in [0, 0.05) is 23.0 Å². The van der Waals surface area contributed by atoms with Crippen molar-refractivity contribution in [2.45, 2.75) is 17.4 Å². The summed E-state index contributed by atoms with van der Waals surface area (Å²) in [7, 11) is -1.94. The molecule has 1 N–H and O–H groups in total. The molecule has 0 saturated carbocycles. The Bertz CT molecular complexity index is 456. The maximum absolute atomic E-state index is 12.1. The number of hydrogen-bond acceptors (Lipinski definition) is 3. The molecule has 0 aliphatic carbocycles. The number of benzene rings is 1. The lowest BCUT2D eigenvalue weighted by molar-refractivity contribution is 0.173. The average molecular weight is 401 g/mol. The third-order valence-electron chi connectivity index (χ3n) is 2.27. The average Bonchev–Trinajstić information content (AvgIpc) is 2.29. The largest absolute Gasteiger partial charge is 0.383 e. The molecule has 1 aromatic rings. The summed E-state index contributed by atoms with van der Waals surface area (Å²) in [5.74, 6) is 0. The number of alkyl halides is 1. The van der Waals surface area contributed by atoms with Crippen LogP contribution in [0.1, 0.15) is 6.42 Å². The summed E-state index contributed by atoms with van der Waals surface area (Å²) in [5, 5.41) is 0.712. The molecule has 0 aliphatic heterocycles. The second kappa shape index (κ2) is 7.59. The third-order valence-corrected chi connectivity index (χ3v) is 4.79. The number of ether oxygens (including phenoxy) is 1. The van der Waals surface area contributed by atoms with Gasteiger partial charge in [0.2, 0.25) is 10.0 Å². The lowest BCUT2D eigenvalue weighted by Crippen LogP contribution is -2.38. The molecule has 102 valence electrons. The Morgan fingerprint density at radius 2 is 1.94 bits per heavy atom. The van der Waals surface area contributed by atoms with Crippen LogP contribution in [0.2, 0.25) is 0 Å². The van der Waals surface area contributed by atoms with Gasteiger partial charge in [-0.2, -0.15) is 0 Å². The van der Waals surface area contributed by atoms with Gasteiger partial charge in [0.05, 0.1) is 11.5 Å². The first kappa shape index (κ1) is 16.1. The van der Waals surface area contributed by atoms with Gasteiger partial charge in [0.25, 0.3) is 0 Å². The molecular formula is C11H15Br2NO3S. The molecule has 0 fully saturated rings. The maximum Gasteiger partial charge on any atom is 0.240 e. The van der Waals surface area contributed by atoms with E-state index in [9.17, 15) is 8.42 Å². The van der Waals surface area contributed by atoms with E-state index in [1.165, 1.54) is 0 Å².